The molecule has 0 heterocycles. The van der Waals surface area contributed by atoms with E-state index in [-0.39, 0.29) is 12.5 Å². The van der Waals surface area contributed by atoms with Gasteiger partial charge in [0, 0.05) is 10.6 Å². The SMILES string of the molecule is COc1cc(/C=N/NC(=O)COc2ccc3ccccc3c2)ccc1OCc1ccccc1Cl. The van der Waals surface area contributed by atoms with Crippen molar-refractivity contribution in [3.8, 4) is 17.2 Å². The molecule has 0 aliphatic heterocycles. The van der Waals surface area contributed by atoms with Gasteiger partial charge in [0.2, 0.25) is 0 Å². The molecule has 0 saturated heterocycles. The van der Waals surface area contributed by atoms with Gasteiger partial charge in [0.1, 0.15) is 12.4 Å². The van der Waals surface area contributed by atoms with Gasteiger partial charge in [-0.15, -0.1) is 0 Å². The van der Waals surface area contributed by atoms with Crippen molar-refractivity contribution < 1.29 is 19.0 Å². The molecule has 34 heavy (non-hydrogen) atoms. The number of rotatable bonds is 9. The minimum atomic E-state index is -0.365. The summed E-state index contributed by atoms with van der Waals surface area (Å²) in [5.74, 6) is 1.38. The fourth-order valence-electron chi connectivity index (χ4n) is 3.27. The molecule has 172 valence electrons. The van der Waals surface area contributed by atoms with Crippen LogP contribution in [0.5, 0.6) is 17.2 Å². The number of halogens is 1. The van der Waals surface area contributed by atoms with E-state index in [2.05, 4.69) is 10.5 Å². The predicted molar refractivity (Wildman–Crippen MR) is 134 cm³/mol. The molecular weight excluding hydrogens is 452 g/mol. The highest BCUT2D eigenvalue weighted by Gasteiger charge is 2.08. The summed E-state index contributed by atoms with van der Waals surface area (Å²) in [6.45, 7) is 0.171. The molecule has 1 amide bonds. The van der Waals surface area contributed by atoms with E-state index in [4.69, 9.17) is 25.8 Å². The van der Waals surface area contributed by atoms with Gasteiger partial charge in [0.25, 0.3) is 5.91 Å². The number of hydrazone groups is 1. The maximum atomic E-state index is 12.1. The number of hydrogen-bond donors (Lipinski definition) is 1. The zero-order valence-corrected chi connectivity index (χ0v) is 19.3. The monoisotopic (exact) mass is 474 g/mol. The Hall–Kier alpha value is -4.03. The number of ether oxygens (including phenoxy) is 3. The van der Waals surface area contributed by atoms with Crippen LogP contribution in [0.2, 0.25) is 5.02 Å². The Balaban J connectivity index is 1.30. The van der Waals surface area contributed by atoms with Gasteiger partial charge in [0.05, 0.1) is 13.3 Å². The van der Waals surface area contributed by atoms with Crippen LogP contribution in [0, 0.1) is 0 Å². The van der Waals surface area contributed by atoms with Crippen molar-refractivity contribution in [3.63, 3.8) is 0 Å². The van der Waals surface area contributed by atoms with E-state index in [0.29, 0.717) is 28.9 Å². The molecule has 4 aromatic rings. The largest absolute Gasteiger partial charge is 0.493 e. The van der Waals surface area contributed by atoms with Crippen molar-refractivity contribution in [1.82, 2.24) is 5.43 Å². The summed E-state index contributed by atoms with van der Waals surface area (Å²) >= 11 is 6.18. The second kappa shape index (κ2) is 11.2. The third-order valence-electron chi connectivity index (χ3n) is 5.02. The molecule has 0 aliphatic rings. The summed E-state index contributed by atoms with van der Waals surface area (Å²) < 4.78 is 16.8. The summed E-state index contributed by atoms with van der Waals surface area (Å²) in [5.41, 5.74) is 4.08. The van der Waals surface area contributed by atoms with Gasteiger partial charge in [-0.2, -0.15) is 5.10 Å². The number of benzene rings is 4. The van der Waals surface area contributed by atoms with Crippen molar-refractivity contribution in [3.05, 3.63) is 101 Å². The molecule has 0 aromatic heterocycles. The maximum absolute atomic E-state index is 12.1. The molecule has 0 bridgehead atoms. The third kappa shape index (κ3) is 6.05. The summed E-state index contributed by atoms with van der Waals surface area (Å²) in [6, 6.07) is 26.5. The van der Waals surface area contributed by atoms with Crippen LogP contribution in [0.4, 0.5) is 0 Å². The quantitative estimate of drug-likeness (QED) is 0.253. The number of carbonyl (C=O) groups excluding carboxylic acids is 1. The standard InChI is InChI=1S/C27H23ClN2O4/c1-32-26-14-19(10-13-25(26)34-17-22-8-4-5-9-24(22)28)16-29-30-27(31)18-33-23-12-11-20-6-2-3-7-21(20)15-23/h2-16H,17-18H2,1H3,(H,30,31)/b29-16+. The molecule has 1 N–H and O–H groups in total. The lowest BCUT2D eigenvalue weighted by molar-refractivity contribution is -0.123. The fourth-order valence-corrected chi connectivity index (χ4v) is 3.46. The van der Waals surface area contributed by atoms with Crippen molar-refractivity contribution in [2.75, 3.05) is 13.7 Å². The normalized spacial score (nSPS) is 10.9. The van der Waals surface area contributed by atoms with Crippen LogP contribution >= 0.6 is 11.6 Å². The highest BCUT2D eigenvalue weighted by Crippen LogP contribution is 2.29. The maximum Gasteiger partial charge on any atom is 0.277 e. The number of fused-ring (bicyclic) bond motifs is 1. The third-order valence-corrected chi connectivity index (χ3v) is 5.39. The summed E-state index contributed by atoms with van der Waals surface area (Å²) in [5, 5.41) is 6.80. The lowest BCUT2D eigenvalue weighted by Gasteiger charge is -2.12. The minimum Gasteiger partial charge on any atom is -0.493 e. The molecular formula is C27H23ClN2O4. The van der Waals surface area contributed by atoms with E-state index in [1.165, 1.54) is 6.21 Å². The zero-order chi connectivity index (χ0) is 23.8. The highest BCUT2D eigenvalue weighted by molar-refractivity contribution is 6.31. The van der Waals surface area contributed by atoms with Gasteiger partial charge in [-0.05, 0) is 52.7 Å². The van der Waals surface area contributed by atoms with Crippen molar-refractivity contribution in [1.29, 1.82) is 0 Å². The zero-order valence-electron chi connectivity index (χ0n) is 18.5. The van der Waals surface area contributed by atoms with Crippen molar-refractivity contribution >= 4 is 34.5 Å². The number of amides is 1. The van der Waals surface area contributed by atoms with E-state index in [1.54, 1.807) is 19.2 Å². The van der Waals surface area contributed by atoms with E-state index in [0.717, 1.165) is 21.9 Å². The van der Waals surface area contributed by atoms with Gasteiger partial charge < -0.3 is 14.2 Å². The Kier molecular flexibility index (Phi) is 7.63. The Morgan fingerprint density at radius 2 is 1.71 bits per heavy atom. The first kappa shape index (κ1) is 23.1. The van der Waals surface area contributed by atoms with Crippen LogP contribution in [0.25, 0.3) is 10.8 Å². The topological polar surface area (TPSA) is 69.2 Å². The lowest BCUT2D eigenvalue weighted by atomic mass is 10.1. The molecule has 0 saturated carbocycles. The molecule has 7 heteroatoms. The van der Waals surface area contributed by atoms with Crippen LogP contribution in [0.1, 0.15) is 11.1 Å². The van der Waals surface area contributed by atoms with Crippen LogP contribution in [-0.4, -0.2) is 25.8 Å². The second-order valence-corrected chi connectivity index (χ2v) is 7.79. The number of carbonyl (C=O) groups is 1. The van der Waals surface area contributed by atoms with E-state index in [1.807, 2.05) is 72.8 Å². The molecule has 6 nitrogen and oxygen atoms in total. The summed E-state index contributed by atoms with van der Waals surface area (Å²) in [4.78, 5) is 12.1. The van der Waals surface area contributed by atoms with Gasteiger partial charge in [-0.3, -0.25) is 4.79 Å². The number of methoxy groups -OCH3 is 1. The van der Waals surface area contributed by atoms with Crippen LogP contribution in [-0.2, 0) is 11.4 Å². The molecule has 0 unspecified atom stereocenters. The lowest BCUT2D eigenvalue weighted by Crippen LogP contribution is -2.24. The van der Waals surface area contributed by atoms with Crippen LogP contribution in [0.3, 0.4) is 0 Å². The predicted octanol–water partition coefficient (Wildman–Crippen LogP) is 5.61. The molecule has 0 atom stereocenters. The first-order valence-corrected chi connectivity index (χ1v) is 11.0. The van der Waals surface area contributed by atoms with E-state index in [9.17, 15) is 4.79 Å². The Morgan fingerprint density at radius 3 is 2.53 bits per heavy atom. The minimum absolute atomic E-state index is 0.145. The van der Waals surface area contributed by atoms with Crippen LogP contribution < -0.4 is 19.6 Å². The highest BCUT2D eigenvalue weighted by atomic mass is 35.5. The first-order chi connectivity index (χ1) is 16.6. The molecule has 0 spiro atoms. The number of nitrogens with one attached hydrogen (secondary N) is 1. The summed E-state index contributed by atoms with van der Waals surface area (Å²) in [7, 11) is 1.56. The molecule has 0 radical (unpaired) electrons. The van der Waals surface area contributed by atoms with Gasteiger partial charge in [-0.1, -0.05) is 60.1 Å². The number of nitrogens with zero attached hydrogens (tertiary/aromatic N) is 1. The van der Waals surface area contributed by atoms with Crippen LogP contribution in [0.15, 0.2) is 90.0 Å². The van der Waals surface area contributed by atoms with Gasteiger partial charge in [-0.25, -0.2) is 5.43 Å². The van der Waals surface area contributed by atoms with E-state index < -0.39 is 0 Å². The fraction of sp³-hybridized carbons (Fsp3) is 0.111. The van der Waals surface area contributed by atoms with Gasteiger partial charge >= 0.3 is 0 Å². The Bertz CT molecular complexity index is 1320. The summed E-state index contributed by atoms with van der Waals surface area (Å²) in [6.07, 6.45) is 1.52. The average Bonchev–Trinajstić information content (AvgIpc) is 2.87. The Labute approximate surface area is 202 Å². The second-order valence-electron chi connectivity index (χ2n) is 7.38. The van der Waals surface area contributed by atoms with Crippen molar-refractivity contribution in [2.24, 2.45) is 5.10 Å². The Morgan fingerprint density at radius 1 is 0.912 bits per heavy atom. The van der Waals surface area contributed by atoms with E-state index >= 15 is 0 Å². The number of hydrogen-bond acceptors (Lipinski definition) is 5. The molecule has 4 aromatic carbocycles. The molecule has 4 rings (SSSR count). The van der Waals surface area contributed by atoms with Crippen molar-refractivity contribution in [2.45, 2.75) is 6.61 Å². The smallest absolute Gasteiger partial charge is 0.277 e. The molecule has 0 fully saturated rings. The first-order valence-electron chi connectivity index (χ1n) is 10.6. The van der Waals surface area contributed by atoms with Gasteiger partial charge in [0.15, 0.2) is 18.1 Å². The molecule has 0 aliphatic carbocycles. The average molecular weight is 475 g/mol.